The number of nitrogens with zero attached hydrogens (tertiary/aromatic N) is 1. The molecule has 0 radical (unpaired) electrons. The van der Waals surface area contributed by atoms with Gasteiger partial charge in [-0.2, -0.15) is 0 Å². The standard InChI is InChI=1S/C13H19N3O/c1-8-9(2)17-12-6-10(15-13(8)12)11-7-16(3)5-4-14-11/h6,11,14-15H,4-5,7H2,1-3H3. The molecule has 0 aromatic carbocycles. The van der Waals surface area contributed by atoms with E-state index in [0.717, 1.165) is 36.5 Å². The van der Waals surface area contributed by atoms with E-state index in [9.17, 15) is 0 Å². The molecule has 2 aromatic heterocycles. The van der Waals surface area contributed by atoms with Gasteiger partial charge in [0, 0.05) is 37.0 Å². The van der Waals surface area contributed by atoms with Crippen molar-refractivity contribution in [3.63, 3.8) is 0 Å². The van der Waals surface area contributed by atoms with Gasteiger partial charge in [-0.15, -0.1) is 0 Å². The van der Waals surface area contributed by atoms with E-state index in [-0.39, 0.29) is 0 Å². The van der Waals surface area contributed by atoms with Crippen LogP contribution < -0.4 is 5.32 Å². The Morgan fingerprint density at radius 3 is 2.94 bits per heavy atom. The third-order valence-electron chi connectivity index (χ3n) is 3.72. The molecule has 1 saturated heterocycles. The van der Waals surface area contributed by atoms with Crippen molar-refractivity contribution in [2.24, 2.45) is 0 Å². The van der Waals surface area contributed by atoms with Gasteiger partial charge in [-0.25, -0.2) is 0 Å². The largest absolute Gasteiger partial charge is 0.459 e. The van der Waals surface area contributed by atoms with E-state index in [0.29, 0.717) is 6.04 Å². The number of aromatic nitrogens is 1. The van der Waals surface area contributed by atoms with Crippen LogP contribution in [0.1, 0.15) is 23.1 Å². The van der Waals surface area contributed by atoms with Gasteiger partial charge < -0.3 is 19.6 Å². The number of rotatable bonds is 1. The molecule has 17 heavy (non-hydrogen) atoms. The molecule has 92 valence electrons. The molecule has 1 aliphatic rings. The molecular formula is C13H19N3O. The summed E-state index contributed by atoms with van der Waals surface area (Å²) in [5, 5.41) is 3.54. The summed E-state index contributed by atoms with van der Waals surface area (Å²) in [7, 11) is 2.16. The molecular weight excluding hydrogens is 214 g/mol. The number of piperazine rings is 1. The Kier molecular flexibility index (Phi) is 2.49. The monoisotopic (exact) mass is 233 g/mol. The Balaban J connectivity index is 1.95. The normalized spacial score (nSPS) is 22.4. The Hall–Kier alpha value is -1.26. The first-order valence-corrected chi connectivity index (χ1v) is 6.15. The van der Waals surface area contributed by atoms with Crippen LogP contribution in [0.3, 0.4) is 0 Å². The van der Waals surface area contributed by atoms with E-state index in [1.807, 2.05) is 6.92 Å². The Bertz CT molecular complexity index is 540. The third kappa shape index (κ3) is 1.77. The van der Waals surface area contributed by atoms with Crippen LogP contribution >= 0.6 is 0 Å². The van der Waals surface area contributed by atoms with Crippen molar-refractivity contribution < 1.29 is 4.42 Å². The molecule has 0 spiro atoms. The summed E-state index contributed by atoms with van der Waals surface area (Å²) >= 11 is 0. The molecule has 3 rings (SSSR count). The van der Waals surface area contributed by atoms with Gasteiger partial charge in [-0.3, -0.25) is 0 Å². The van der Waals surface area contributed by atoms with Crippen molar-refractivity contribution in [2.45, 2.75) is 19.9 Å². The van der Waals surface area contributed by atoms with Crippen LogP contribution in [-0.2, 0) is 0 Å². The zero-order valence-electron chi connectivity index (χ0n) is 10.6. The molecule has 1 fully saturated rings. The van der Waals surface area contributed by atoms with Gasteiger partial charge in [0.2, 0.25) is 0 Å². The molecule has 3 heterocycles. The molecule has 1 aliphatic heterocycles. The number of aryl methyl sites for hydroxylation is 2. The number of nitrogens with one attached hydrogen (secondary N) is 2. The van der Waals surface area contributed by atoms with E-state index < -0.39 is 0 Å². The lowest BCUT2D eigenvalue weighted by atomic mass is 10.1. The Morgan fingerprint density at radius 2 is 2.24 bits per heavy atom. The molecule has 2 N–H and O–H groups in total. The Morgan fingerprint density at radius 1 is 1.41 bits per heavy atom. The summed E-state index contributed by atoms with van der Waals surface area (Å²) in [6, 6.07) is 2.52. The quantitative estimate of drug-likeness (QED) is 0.791. The minimum absolute atomic E-state index is 0.385. The number of H-pyrrole nitrogens is 1. The van der Waals surface area contributed by atoms with Gasteiger partial charge in [0.15, 0.2) is 5.58 Å². The van der Waals surface area contributed by atoms with Gasteiger partial charge >= 0.3 is 0 Å². The summed E-state index contributed by atoms with van der Waals surface area (Å²) in [5.74, 6) is 1.01. The first-order valence-electron chi connectivity index (χ1n) is 6.15. The molecule has 0 amide bonds. The lowest BCUT2D eigenvalue weighted by molar-refractivity contribution is 0.238. The zero-order valence-corrected chi connectivity index (χ0v) is 10.6. The molecule has 4 nitrogen and oxygen atoms in total. The molecule has 0 bridgehead atoms. The van der Waals surface area contributed by atoms with Crippen LogP contribution in [0.5, 0.6) is 0 Å². The predicted octanol–water partition coefficient (Wildman–Crippen LogP) is 1.95. The molecule has 1 atom stereocenters. The second kappa shape index (κ2) is 3.89. The fourth-order valence-electron chi connectivity index (χ4n) is 2.53. The summed E-state index contributed by atoms with van der Waals surface area (Å²) in [5.41, 5.74) is 4.57. The highest BCUT2D eigenvalue weighted by Gasteiger charge is 2.21. The SMILES string of the molecule is Cc1oc2cc(C3CN(C)CCN3)[nH]c2c1C. The van der Waals surface area contributed by atoms with Gasteiger partial charge in [0.1, 0.15) is 5.76 Å². The lowest BCUT2D eigenvalue weighted by Gasteiger charge is -2.30. The first kappa shape index (κ1) is 10.9. The molecule has 4 heteroatoms. The van der Waals surface area contributed by atoms with Crippen LogP contribution in [0, 0.1) is 13.8 Å². The smallest absolute Gasteiger partial charge is 0.152 e. The highest BCUT2D eigenvalue weighted by molar-refractivity contribution is 5.79. The van der Waals surface area contributed by atoms with Crippen LogP contribution in [0.25, 0.3) is 11.1 Å². The lowest BCUT2D eigenvalue weighted by Crippen LogP contribution is -2.43. The van der Waals surface area contributed by atoms with Crippen LogP contribution in [0.4, 0.5) is 0 Å². The fourth-order valence-corrected chi connectivity index (χ4v) is 2.53. The van der Waals surface area contributed by atoms with Crippen LogP contribution in [0.15, 0.2) is 10.5 Å². The maximum Gasteiger partial charge on any atom is 0.152 e. The fraction of sp³-hybridized carbons (Fsp3) is 0.538. The second-order valence-corrected chi connectivity index (χ2v) is 5.02. The topological polar surface area (TPSA) is 44.2 Å². The molecule has 2 aromatic rings. The predicted molar refractivity (Wildman–Crippen MR) is 68.3 cm³/mol. The zero-order chi connectivity index (χ0) is 12.0. The number of furan rings is 1. The van der Waals surface area contributed by atoms with Crippen LogP contribution in [-0.4, -0.2) is 36.6 Å². The van der Waals surface area contributed by atoms with E-state index in [2.05, 4.69) is 35.2 Å². The first-order chi connectivity index (χ1) is 8.15. The second-order valence-electron chi connectivity index (χ2n) is 5.02. The minimum Gasteiger partial charge on any atom is -0.459 e. The summed E-state index contributed by atoms with van der Waals surface area (Å²) in [4.78, 5) is 5.84. The van der Waals surface area contributed by atoms with E-state index >= 15 is 0 Å². The highest BCUT2D eigenvalue weighted by atomic mass is 16.3. The average Bonchev–Trinajstić information content (AvgIpc) is 2.81. The minimum atomic E-state index is 0.385. The summed E-state index contributed by atoms with van der Waals surface area (Å²) < 4.78 is 5.72. The maximum absolute atomic E-state index is 5.72. The number of aromatic amines is 1. The number of hydrogen-bond donors (Lipinski definition) is 2. The Labute approximate surface area is 101 Å². The van der Waals surface area contributed by atoms with Gasteiger partial charge in [0.05, 0.1) is 11.6 Å². The van der Waals surface area contributed by atoms with Crippen molar-refractivity contribution in [1.29, 1.82) is 0 Å². The van der Waals surface area contributed by atoms with Gasteiger partial charge in [-0.1, -0.05) is 0 Å². The number of hydrogen-bond acceptors (Lipinski definition) is 3. The van der Waals surface area contributed by atoms with Crippen molar-refractivity contribution in [1.82, 2.24) is 15.2 Å². The molecule has 1 unspecified atom stereocenters. The molecule has 0 aliphatic carbocycles. The van der Waals surface area contributed by atoms with E-state index in [4.69, 9.17) is 4.42 Å². The number of likely N-dealkylation sites (N-methyl/N-ethyl adjacent to an activating group) is 1. The summed E-state index contributed by atoms with van der Waals surface area (Å²) in [6.07, 6.45) is 0. The van der Waals surface area contributed by atoms with Gasteiger partial charge in [0.25, 0.3) is 0 Å². The highest BCUT2D eigenvalue weighted by Crippen LogP contribution is 2.27. The number of fused-ring (bicyclic) bond motifs is 1. The van der Waals surface area contributed by atoms with Crippen molar-refractivity contribution in [2.75, 3.05) is 26.7 Å². The van der Waals surface area contributed by atoms with Crippen LogP contribution in [0.2, 0.25) is 0 Å². The average molecular weight is 233 g/mol. The van der Waals surface area contributed by atoms with E-state index in [1.165, 1.54) is 11.3 Å². The maximum atomic E-state index is 5.72. The van der Waals surface area contributed by atoms with E-state index in [1.54, 1.807) is 0 Å². The summed E-state index contributed by atoms with van der Waals surface area (Å²) in [6.45, 7) is 7.31. The van der Waals surface area contributed by atoms with Crippen molar-refractivity contribution >= 4 is 11.1 Å². The van der Waals surface area contributed by atoms with Crippen molar-refractivity contribution in [3.8, 4) is 0 Å². The van der Waals surface area contributed by atoms with Gasteiger partial charge in [-0.05, 0) is 20.9 Å². The third-order valence-corrected chi connectivity index (χ3v) is 3.72. The van der Waals surface area contributed by atoms with Crippen molar-refractivity contribution in [3.05, 3.63) is 23.1 Å². The molecule has 0 saturated carbocycles.